The smallest absolute Gasteiger partial charge is 0.132 e. The highest BCUT2D eigenvalue weighted by Gasteiger charge is 2.24. The van der Waals surface area contributed by atoms with E-state index in [-0.39, 0.29) is 6.61 Å². The Kier molecular flexibility index (Phi) is 6.65. The molecule has 2 aliphatic rings. The van der Waals surface area contributed by atoms with Gasteiger partial charge in [-0.05, 0) is 17.7 Å². The van der Waals surface area contributed by atoms with E-state index in [1.165, 1.54) is 20.9 Å². The first-order chi connectivity index (χ1) is 13.8. The van der Waals surface area contributed by atoms with Crippen molar-refractivity contribution in [2.24, 2.45) is 4.99 Å². The lowest BCUT2D eigenvalue weighted by Crippen LogP contribution is -2.49. The predicted octanol–water partition coefficient (Wildman–Crippen LogP) is 2.72. The maximum Gasteiger partial charge on any atom is 0.132 e. The van der Waals surface area contributed by atoms with Crippen molar-refractivity contribution in [2.45, 2.75) is 16.3 Å². The summed E-state index contributed by atoms with van der Waals surface area (Å²) in [7, 11) is 0. The summed E-state index contributed by atoms with van der Waals surface area (Å²) < 4.78 is 5.41. The Bertz CT molecular complexity index is 819. The Morgan fingerprint density at radius 2 is 1.68 bits per heavy atom. The van der Waals surface area contributed by atoms with Crippen molar-refractivity contribution in [1.82, 2.24) is 9.80 Å². The third-order valence-corrected chi connectivity index (χ3v) is 6.37. The molecule has 2 aliphatic heterocycles. The highest BCUT2D eigenvalue weighted by molar-refractivity contribution is 7.99. The number of rotatable bonds is 5. The SMILES string of the molecule is OCCOCCN1CCN(C2=NCc3ccccc3Sc3ccccc32)CC1. The summed E-state index contributed by atoms with van der Waals surface area (Å²) >= 11 is 1.85. The molecule has 2 aromatic rings. The molecular weight excluding hydrogens is 370 g/mol. The minimum atomic E-state index is 0.0914. The number of hydrogen-bond donors (Lipinski definition) is 1. The fourth-order valence-electron chi connectivity index (χ4n) is 3.65. The van der Waals surface area contributed by atoms with Crippen LogP contribution in [0, 0.1) is 0 Å². The van der Waals surface area contributed by atoms with E-state index >= 15 is 0 Å². The van der Waals surface area contributed by atoms with Crippen molar-refractivity contribution in [3.63, 3.8) is 0 Å². The zero-order chi connectivity index (χ0) is 19.2. The van der Waals surface area contributed by atoms with Gasteiger partial charge in [-0.25, -0.2) is 0 Å². The number of aliphatic hydroxyl groups excluding tert-OH is 1. The van der Waals surface area contributed by atoms with Crippen LogP contribution in [0.3, 0.4) is 0 Å². The van der Waals surface area contributed by atoms with Crippen LogP contribution >= 0.6 is 11.8 Å². The Hall–Kier alpha value is -1.86. The van der Waals surface area contributed by atoms with E-state index in [2.05, 4.69) is 58.3 Å². The van der Waals surface area contributed by atoms with Crippen LogP contribution in [0.25, 0.3) is 0 Å². The maximum atomic E-state index is 8.81. The van der Waals surface area contributed by atoms with Gasteiger partial charge in [0, 0.05) is 48.1 Å². The number of amidine groups is 1. The zero-order valence-electron chi connectivity index (χ0n) is 16.1. The van der Waals surface area contributed by atoms with Crippen LogP contribution in [0.5, 0.6) is 0 Å². The molecule has 1 saturated heterocycles. The molecule has 6 heteroatoms. The van der Waals surface area contributed by atoms with E-state index in [0.29, 0.717) is 13.2 Å². The second-order valence-corrected chi connectivity index (χ2v) is 8.09. The first-order valence-electron chi connectivity index (χ1n) is 9.90. The molecule has 1 fully saturated rings. The number of benzene rings is 2. The molecule has 1 N–H and O–H groups in total. The molecule has 2 heterocycles. The zero-order valence-corrected chi connectivity index (χ0v) is 16.9. The molecule has 148 valence electrons. The van der Waals surface area contributed by atoms with Crippen LogP contribution < -0.4 is 0 Å². The van der Waals surface area contributed by atoms with Gasteiger partial charge in [-0.15, -0.1) is 0 Å². The molecule has 0 unspecified atom stereocenters. The van der Waals surface area contributed by atoms with E-state index < -0.39 is 0 Å². The summed E-state index contributed by atoms with van der Waals surface area (Å²) in [5.74, 6) is 1.12. The normalized spacial score (nSPS) is 17.3. The first-order valence-corrected chi connectivity index (χ1v) is 10.7. The highest BCUT2D eigenvalue weighted by atomic mass is 32.2. The van der Waals surface area contributed by atoms with E-state index in [4.69, 9.17) is 14.8 Å². The van der Waals surface area contributed by atoms with E-state index in [1.54, 1.807) is 0 Å². The van der Waals surface area contributed by atoms with Gasteiger partial charge in [0.05, 0.1) is 26.4 Å². The Morgan fingerprint density at radius 1 is 0.929 bits per heavy atom. The molecular formula is C22H27N3O2S. The van der Waals surface area contributed by atoms with Gasteiger partial charge in [-0.1, -0.05) is 48.2 Å². The molecule has 5 nitrogen and oxygen atoms in total. The van der Waals surface area contributed by atoms with Gasteiger partial charge >= 0.3 is 0 Å². The van der Waals surface area contributed by atoms with Crippen molar-refractivity contribution < 1.29 is 9.84 Å². The van der Waals surface area contributed by atoms with Crippen LogP contribution in [0.15, 0.2) is 63.3 Å². The number of aliphatic hydroxyl groups is 1. The minimum Gasteiger partial charge on any atom is -0.394 e. The standard InChI is InChI=1S/C22H27N3O2S/c26-14-16-27-15-13-24-9-11-25(12-10-24)22-19-6-2-4-8-21(19)28-20-7-3-1-5-18(20)17-23-22/h1-8,26H,9-17H2. The van der Waals surface area contributed by atoms with Crippen molar-refractivity contribution >= 4 is 17.6 Å². The third kappa shape index (κ3) is 4.58. The summed E-state index contributed by atoms with van der Waals surface area (Å²) in [5, 5.41) is 8.81. The molecule has 2 aromatic carbocycles. The van der Waals surface area contributed by atoms with Crippen molar-refractivity contribution in [3.05, 3.63) is 59.7 Å². The molecule has 28 heavy (non-hydrogen) atoms. The molecule has 0 bridgehead atoms. The van der Waals surface area contributed by atoms with Crippen LogP contribution in [0.4, 0.5) is 0 Å². The van der Waals surface area contributed by atoms with Gasteiger partial charge in [-0.3, -0.25) is 9.89 Å². The van der Waals surface area contributed by atoms with Crippen molar-refractivity contribution in [3.8, 4) is 0 Å². The van der Waals surface area contributed by atoms with Gasteiger partial charge in [0.2, 0.25) is 0 Å². The summed E-state index contributed by atoms with van der Waals surface area (Å²) in [6.45, 7) is 6.79. The molecule has 4 rings (SSSR count). The Labute approximate surface area is 171 Å². The number of aliphatic imine (C=N–C) groups is 1. The molecule has 0 spiro atoms. The fourth-order valence-corrected chi connectivity index (χ4v) is 4.72. The van der Waals surface area contributed by atoms with E-state index in [0.717, 1.165) is 45.1 Å². The molecule has 0 aliphatic carbocycles. The fraction of sp³-hybridized carbons (Fsp3) is 0.409. The second-order valence-electron chi connectivity index (χ2n) is 7.01. The monoisotopic (exact) mass is 397 g/mol. The highest BCUT2D eigenvalue weighted by Crippen LogP contribution is 2.35. The third-order valence-electron chi connectivity index (χ3n) is 5.18. The van der Waals surface area contributed by atoms with Crippen LogP contribution in [0.2, 0.25) is 0 Å². The molecule has 0 aromatic heterocycles. The van der Waals surface area contributed by atoms with E-state index in [9.17, 15) is 0 Å². The predicted molar refractivity (Wildman–Crippen MR) is 113 cm³/mol. The molecule has 0 atom stereocenters. The number of fused-ring (bicyclic) bond motifs is 2. The summed E-state index contributed by atoms with van der Waals surface area (Å²) in [6, 6.07) is 17.2. The maximum absolute atomic E-state index is 8.81. The average Bonchev–Trinajstić information content (AvgIpc) is 2.73. The van der Waals surface area contributed by atoms with Crippen LogP contribution in [-0.2, 0) is 11.3 Å². The van der Waals surface area contributed by atoms with Crippen molar-refractivity contribution in [2.75, 3.05) is 52.5 Å². The lowest BCUT2D eigenvalue weighted by atomic mass is 10.1. The van der Waals surface area contributed by atoms with Crippen molar-refractivity contribution in [1.29, 1.82) is 0 Å². The number of nitrogens with zero attached hydrogens (tertiary/aromatic N) is 3. The van der Waals surface area contributed by atoms with E-state index in [1.807, 2.05) is 11.8 Å². The summed E-state index contributed by atoms with van der Waals surface area (Å²) in [5.41, 5.74) is 2.53. The topological polar surface area (TPSA) is 48.3 Å². The lowest BCUT2D eigenvalue weighted by molar-refractivity contribution is 0.0652. The van der Waals surface area contributed by atoms with Gasteiger partial charge in [-0.2, -0.15) is 0 Å². The summed E-state index contributed by atoms with van der Waals surface area (Å²) in [6.07, 6.45) is 0. The second kappa shape index (κ2) is 9.56. The number of piperazine rings is 1. The Morgan fingerprint density at radius 3 is 2.50 bits per heavy atom. The first kappa shape index (κ1) is 19.5. The quantitative estimate of drug-likeness (QED) is 0.786. The lowest BCUT2D eigenvalue weighted by Gasteiger charge is -2.37. The van der Waals surface area contributed by atoms with Crippen LogP contribution in [-0.4, -0.2) is 73.3 Å². The Balaban J connectivity index is 1.48. The molecule has 0 amide bonds. The average molecular weight is 398 g/mol. The van der Waals surface area contributed by atoms with Gasteiger partial charge in [0.25, 0.3) is 0 Å². The van der Waals surface area contributed by atoms with Crippen LogP contribution in [0.1, 0.15) is 11.1 Å². The largest absolute Gasteiger partial charge is 0.394 e. The minimum absolute atomic E-state index is 0.0914. The van der Waals surface area contributed by atoms with Gasteiger partial charge < -0.3 is 14.7 Å². The van der Waals surface area contributed by atoms with Gasteiger partial charge in [0.1, 0.15) is 5.84 Å². The molecule has 0 radical (unpaired) electrons. The number of ether oxygens (including phenoxy) is 1. The summed E-state index contributed by atoms with van der Waals surface area (Å²) in [4.78, 5) is 12.5. The molecule has 0 saturated carbocycles. The van der Waals surface area contributed by atoms with Gasteiger partial charge in [0.15, 0.2) is 0 Å². The number of hydrogen-bond acceptors (Lipinski definition) is 6.